The predicted octanol–water partition coefficient (Wildman–Crippen LogP) is 3.95. The lowest BCUT2D eigenvalue weighted by Crippen LogP contribution is -2.38. The fourth-order valence-corrected chi connectivity index (χ4v) is 6.78. The number of nitrogens with one attached hydrogen (secondary N) is 1. The van der Waals surface area contributed by atoms with Gasteiger partial charge < -0.3 is 5.32 Å². The quantitative estimate of drug-likeness (QED) is 0.658. The number of piperidine rings is 1. The highest BCUT2D eigenvalue weighted by molar-refractivity contribution is 7.89. The van der Waals surface area contributed by atoms with E-state index in [1.54, 1.807) is 39.9 Å². The van der Waals surface area contributed by atoms with Crippen molar-refractivity contribution in [1.82, 2.24) is 14.5 Å². The molecule has 2 aliphatic heterocycles. The van der Waals surface area contributed by atoms with E-state index in [0.29, 0.717) is 31.1 Å². The molecule has 0 saturated carbocycles. The van der Waals surface area contributed by atoms with Crippen LogP contribution in [-0.4, -0.2) is 56.3 Å². The number of benzene rings is 1. The minimum atomic E-state index is -3.48. The molecule has 1 N–H and O–H groups in total. The summed E-state index contributed by atoms with van der Waals surface area (Å²) in [5, 5.41) is 5.16. The van der Waals surface area contributed by atoms with Crippen LogP contribution < -0.4 is 5.32 Å². The first-order valence-corrected chi connectivity index (χ1v) is 14.0. The first kappa shape index (κ1) is 23.4. The van der Waals surface area contributed by atoms with Crippen molar-refractivity contribution in [1.29, 1.82) is 0 Å². The van der Waals surface area contributed by atoms with Gasteiger partial charge in [-0.1, -0.05) is 18.9 Å². The van der Waals surface area contributed by atoms with Crippen molar-refractivity contribution in [2.24, 2.45) is 5.92 Å². The Bertz CT molecular complexity index is 958. The van der Waals surface area contributed by atoms with Gasteiger partial charge in [-0.25, -0.2) is 8.42 Å². The fraction of sp³-hybridized carbons (Fsp3) is 0.542. The molecule has 1 aromatic carbocycles. The Labute approximate surface area is 195 Å². The van der Waals surface area contributed by atoms with Crippen LogP contribution in [0.1, 0.15) is 53.8 Å². The normalized spacial score (nSPS) is 19.5. The predicted molar refractivity (Wildman–Crippen MR) is 128 cm³/mol. The molecular formula is C24H33N3O3S2. The van der Waals surface area contributed by atoms with Gasteiger partial charge in [-0.2, -0.15) is 4.31 Å². The summed E-state index contributed by atoms with van der Waals surface area (Å²) in [7, 11) is -3.48. The van der Waals surface area contributed by atoms with Crippen LogP contribution in [0.2, 0.25) is 0 Å². The van der Waals surface area contributed by atoms with Gasteiger partial charge in [0.15, 0.2) is 0 Å². The van der Waals surface area contributed by atoms with E-state index >= 15 is 0 Å². The van der Waals surface area contributed by atoms with Gasteiger partial charge in [-0.3, -0.25) is 9.69 Å². The number of thiophene rings is 1. The molecule has 2 aromatic rings. The zero-order valence-electron chi connectivity index (χ0n) is 18.5. The summed E-state index contributed by atoms with van der Waals surface area (Å²) in [4.78, 5) is 16.7. The van der Waals surface area contributed by atoms with E-state index in [1.165, 1.54) is 4.88 Å². The summed E-state index contributed by atoms with van der Waals surface area (Å²) in [6.45, 7) is 4.96. The number of carbonyl (C=O) groups is 1. The lowest BCUT2D eigenvalue weighted by molar-refractivity contribution is 0.0935. The number of sulfonamides is 1. The average molecular weight is 476 g/mol. The number of likely N-dealkylation sites (tertiary alicyclic amines) is 1. The molecule has 6 nitrogen and oxygen atoms in total. The molecule has 1 amide bonds. The smallest absolute Gasteiger partial charge is 0.251 e. The molecule has 1 aromatic heterocycles. The van der Waals surface area contributed by atoms with Crippen molar-refractivity contribution in [3.63, 3.8) is 0 Å². The average Bonchev–Trinajstić information content (AvgIpc) is 3.16. The van der Waals surface area contributed by atoms with Crippen molar-refractivity contribution < 1.29 is 13.2 Å². The molecule has 0 bridgehead atoms. The molecule has 0 spiro atoms. The van der Waals surface area contributed by atoms with Gasteiger partial charge in [0.05, 0.1) is 4.90 Å². The van der Waals surface area contributed by atoms with Crippen molar-refractivity contribution in [3.8, 4) is 0 Å². The number of hydrogen-bond donors (Lipinski definition) is 1. The van der Waals surface area contributed by atoms with Gasteiger partial charge in [0.2, 0.25) is 10.0 Å². The largest absolute Gasteiger partial charge is 0.352 e. The Morgan fingerprint density at radius 2 is 1.66 bits per heavy atom. The van der Waals surface area contributed by atoms with E-state index in [1.807, 2.05) is 0 Å². The topological polar surface area (TPSA) is 69.7 Å². The van der Waals surface area contributed by atoms with E-state index in [0.717, 1.165) is 58.2 Å². The molecule has 174 valence electrons. The second-order valence-electron chi connectivity index (χ2n) is 8.85. The molecule has 0 atom stereocenters. The first-order valence-electron chi connectivity index (χ1n) is 11.7. The van der Waals surface area contributed by atoms with Crippen LogP contribution >= 0.6 is 11.3 Å². The second kappa shape index (κ2) is 10.9. The van der Waals surface area contributed by atoms with Crippen molar-refractivity contribution >= 4 is 27.3 Å². The summed E-state index contributed by atoms with van der Waals surface area (Å²) in [6.07, 6.45) is 6.15. The summed E-state index contributed by atoms with van der Waals surface area (Å²) >= 11 is 1.80. The highest BCUT2D eigenvalue weighted by Gasteiger charge is 2.25. The third-order valence-electron chi connectivity index (χ3n) is 6.54. The maximum atomic E-state index is 12.9. The molecule has 0 unspecified atom stereocenters. The van der Waals surface area contributed by atoms with Gasteiger partial charge >= 0.3 is 0 Å². The van der Waals surface area contributed by atoms with Gasteiger partial charge in [0.25, 0.3) is 5.91 Å². The van der Waals surface area contributed by atoms with Crippen LogP contribution in [0.15, 0.2) is 46.7 Å². The molecule has 2 fully saturated rings. The van der Waals surface area contributed by atoms with E-state index < -0.39 is 10.0 Å². The molecule has 0 aliphatic carbocycles. The summed E-state index contributed by atoms with van der Waals surface area (Å²) in [6, 6.07) is 10.7. The van der Waals surface area contributed by atoms with Crippen LogP contribution in [-0.2, 0) is 16.6 Å². The van der Waals surface area contributed by atoms with E-state index in [9.17, 15) is 13.2 Å². The summed E-state index contributed by atoms with van der Waals surface area (Å²) < 4.78 is 27.4. The number of hydrogen-bond acceptors (Lipinski definition) is 5. The van der Waals surface area contributed by atoms with Gasteiger partial charge in [-0.05, 0) is 80.4 Å². The summed E-state index contributed by atoms with van der Waals surface area (Å²) in [5.41, 5.74) is 0.509. The second-order valence-corrected chi connectivity index (χ2v) is 11.8. The maximum absolute atomic E-state index is 12.9. The van der Waals surface area contributed by atoms with Gasteiger partial charge in [0.1, 0.15) is 0 Å². The molecule has 2 aliphatic rings. The molecule has 3 heterocycles. The van der Waals surface area contributed by atoms with Gasteiger partial charge in [-0.15, -0.1) is 11.3 Å². The molecule has 2 saturated heterocycles. The minimum absolute atomic E-state index is 0.135. The van der Waals surface area contributed by atoms with Crippen molar-refractivity contribution in [3.05, 3.63) is 52.2 Å². The Morgan fingerprint density at radius 1 is 0.969 bits per heavy atom. The fourth-order valence-electron chi connectivity index (χ4n) is 4.52. The number of carbonyl (C=O) groups excluding carboxylic acids is 1. The summed E-state index contributed by atoms with van der Waals surface area (Å²) in [5.74, 6) is 0.353. The zero-order valence-corrected chi connectivity index (χ0v) is 20.2. The van der Waals surface area contributed by atoms with Crippen LogP contribution in [0.5, 0.6) is 0 Å². The molecule has 4 rings (SSSR count). The molecule has 32 heavy (non-hydrogen) atoms. The maximum Gasteiger partial charge on any atom is 0.251 e. The Morgan fingerprint density at radius 3 is 2.28 bits per heavy atom. The SMILES string of the molecule is O=C(NCC1CCN(Cc2cccs2)CC1)c1ccc(S(=O)(=O)N2CCCCCC2)cc1. The lowest BCUT2D eigenvalue weighted by atomic mass is 9.96. The van der Waals surface area contributed by atoms with Crippen LogP contribution in [0.3, 0.4) is 0 Å². The number of rotatable bonds is 7. The van der Waals surface area contributed by atoms with Crippen molar-refractivity contribution in [2.75, 3.05) is 32.7 Å². The number of nitrogens with zero attached hydrogens (tertiary/aromatic N) is 2. The van der Waals surface area contributed by atoms with Crippen LogP contribution in [0, 0.1) is 5.92 Å². The monoisotopic (exact) mass is 475 g/mol. The first-order chi connectivity index (χ1) is 15.5. The molecule has 8 heteroatoms. The zero-order chi connectivity index (χ0) is 22.4. The Hall–Kier alpha value is -1.74. The molecule has 0 radical (unpaired) electrons. The third-order valence-corrected chi connectivity index (χ3v) is 9.31. The Kier molecular flexibility index (Phi) is 7.99. The molecular weight excluding hydrogens is 442 g/mol. The highest BCUT2D eigenvalue weighted by atomic mass is 32.2. The highest BCUT2D eigenvalue weighted by Crippen LogP contribution is 2.22. The van der Waals surface area contributed by atoms with E-state index in [2.05, 4.69) is 27.7 Å². The lowest BCUT2D eigenvalue weighted by Gasteiger charge is -2.31. The van der Waals surface area contributed by atoms with E-state index in [4.69, 9.17) is 0 Å². The van der Waals surface area contributed by atoms with Crippen LogP contribution in [0.4, 0.5) is 0 Å². The van der Waals surface area contributed by atoms with Crippen molar-refractivity contribution in [2.45, 2.75) is 50.0 Å². The van der Waals surface area contributed by atoms with E-state index in [-0.39, 0.29) is 10.8 Å². The Balaban J connectivity index is 1.25. The van der Waals surface area contributed by atoms with Gasteiger partial charge in [0, 0.05) is 36.6 Å². The van der Waals surface area contributed by atoms with Crippen LogP contribution in [0.25, 0.3) is 0 Å². The minimum Gasteiger partial charge on any atom is -0.352 e. The third kappa shape index (κ3) is 5.98. The standard InChI is InChI=1S/C24H33N3O3S2/c28-24(25-18-20-11-15-26(16-12-20)19-22-6-5-17-31-22)21-7-9-23(10-8-21)32(29,30)27-13-3-1-2-4-14-27/h5-10,17,20H,1-4,11-16,18-19H2,(H,25,28). The number of amides is 1.